The molecular weight excluding hydrogens is 350 g/mol. The van der Waals surface area contributed by atoms with E-state index in [1.54, 1.807) is 11.0 Å². The molecule has 1 heterocycles. The van der Waals surface area contributed by atoms with Crippen LogP contribution in [0.5, 0.6) is 0 Å². The third-order valence-electron chi connectivity index (χ3n) is 4.92. The van der Waals surface area contributed by atoms with Crippen LogP contribution >= 0.6 is 0 Å². The molecule has 2 amide bonds. The molecule has 0 aromatic heterocycles. The summed E-state index contributed by atoms with van der Waals surface area (Å²) < 4.78 is 26.1. The number of likely N-dealkylation sites (tertiary alicyclic amines) is 1. The molecule has 4 nitrogen and oxygen atoms in total. The molecule has 1 N–H and O–H groups in total. The molecule has 27 heavy (non-hydrogen) atoms. The molecule has 0 atom stereocenters. The number of carbonyl (C=O) groups excluding carboxylic acids is 2. The van der Waals surface area contributed by atoms with Gasteiger partial charge in [-0.05, 0) is 67.6 Å². The zero-order chi connectivity index (χ0) is 19.2. The first kappa shape index (κ1) is 19.0. The minimum absolute atomic E-state index is 0.0761. The maximum atomic E-state index is 13.2. The molecule has 0 saturated carbocycles. The number of rotatable bonds is 5. The van der Waals surface area contributed by atoms with Crippen molar-refractivity contribution >= 4 is 11.8 Å². The third kappa shape index (κ3) is 5.12. The van der Waals surface area contributed by atoms with Crippen molar-refractivity contribution in [1.82, 2.24) is 10.2 Å². The Bertz CT molecular complexity index is 800. The van der Waals surface area contributed by atoms with E-state index in [9.17, 15) is 18.4 Å². The minimum Gasteiger partial charge on any atom is -0.352 e. The van der Waals surface area contributed by atoms with E-state index in [4.69, 9.17) is 0 Å². The van der Waals surface area contributed by atoms with Gasteiger partial charge in [0.25, 0.3) is 11.8 Å². The second kappa shape index (κ2) is 8.75. The van der Waals surface area contributed by atoms with Gasteiger partial charge in [0.2, 0.25) is 0 Å². The fourth-order valence-electron chi connectivity index (χ4n) is 3.32. The van der Waals surface area contributed by atoms with Crippen molar-refractivity contribution in [3.05, 3.63) is 71.3 Å². The molecule has 142 valence electrons. The van der Waals surface area contributed by atoms with Crippen LogP contribution in [0.2, 0.25) is 0 Å². The van der Waals surface area contributed by atoms with E-state index in [0.717, 1.165) is 19.3 Å². The van der Waals surface area contributed by atoms with Gasteiger partial charge in [-0.2, -0.15) is 0 Å². The topological polar surface area (TPSA) is 49.4 Å². The van der Waals surface area contributed by atoms with Gasteiger partial charge < -0.3 is 10.2 Å². The number of carbonyl (C=O) groups is 2. The van der Waals surface area contributed by atoms with Gasteiger partial charge in [0.05, 0.1) is 0 Å². The Morgan fingerprint density at radius 2 is 1.67 bits per heavy atom. The highest BCUT2D eigenvalue weighted by molar-refractivity contribution is 5.94. The van der Waals surface area contributed by atoms with Crippen molar-refractivity contribution < 1.29 is 18.4 Å². The van der Waals surface area contributed by atoms with E-state index in [1.807, 2.05) is 0 Å². The summed E-state index contributed by atoms with van der Waals surface area (Å²) in [7, 11) is 0. The molecule has 0 bridgehead atoms. The zero-order valence-electron chi connectivity index (χ0n) is 15.0. The van der Waals surface area contributed by atoms with Crippen LogP contribution in [0.1, 0.15) is 40.0 Å². The second-order valence-corrected chi connectivity index (χ2v) is 6.80. The number of amides is 2. The van der Waals surface area contributed by atoms with Crippen LogP contribution in [0.25, 0.3) is 0 Å². The minimum atomic E-state index is -0.430. The molecule has 1 aliphatic rings. The number of nitrogens with zero attached hydrogens (tertiary/aromatic N) is 1. The van der Waals surface area contributed by atoms with Gasteiger partial charge in [-0.3, -0.25) is 9.59 Å². The van der Waals surface area contributed by atoms with Crippen molar-refractivity contribution in [2.24, 2.45) is 5.92 Å². The van der Waals surface area contributed by atoms with Crippen LogP contribution in [-0.2, 0) is 0 Å². The number of hydrogen-bond donors (Lipinski definition) is 1. The first-order chi connectivity index (χ1) is 13.0. The lowest BCUT2D eigenvalue weighted by molar-refractivity contribution is 0.0687. The molecule has 0 spiro atoms. The van der Waals surface area contributed by atoms with Crippen LogP contribution in [-0.4, -0.2) is 36.3 Å². The third-order valence-corrected chi connectivity index (χ3v) is 4.92. The molecule has 6 heteroatoms. The zero-order valence-corrected chi connectivity index (χ0v) is 15.0. The first-order valence-corrected chi connectivity index (χ1v) is 9.11. The van der Waals surface area contributed by atoms with Gasteiger partial charge in [0, 0.05) is 30.8 Å². The summed E-state index contributed by atoms with van der Waals surface area (Å²) in [5.74, 6) is -0.715. The van der Waals surface area contributed by atoms with Crippen molar-refractivity contribution in [2.45, 2.75) is 19.3 Å². The average Bonchev–Trinajstić information content (AvgIpc) is 2.68. The predicted octanol–water partition coefficient (Wildman–Crippen LogP) is 3.64. The Balaban J connectivity index is 1.41. The largest absolute Gasteiger partial charge is 0.352 e. The van der Waals surface area contributed by atoms with Crippen LogP contribution < -0.4 is 5.32 Å². The number of piperidine rings is 1. The van der Waals surface area contributed by atoms with Crippen molar-refractivity contribution in [3.63, 3.8) is 0 Å². The van der Waals surface area contributed by atoms with E-state index in [-0.39, 0.29) is 17.6 Å². The summed E-state index contributed by atoms with van der Waals surface area (Å²) in [5, 5.41) is 2.82. The molecule has 1 fully saturated rings. The normalized spacial score (nSPS) is 14.8. The lowest BCUT2D eigenvalue weighted by Gasteiger charge is -2.32. The highest BCUT2D eigenvalue weighted by Gasteiger charge is 2.23. The Labute approximate surface area is 157 Å². The molecule has 1 saturated heterocycles. The Morgan fingerprint density at radius 1 is 0.963 bits per heavy atom. The number of benzene rings is 2. The van der Waals surface area contributed by atoms with Gasteiger partial charge >= 0.3 is 0 Å². The number of nitrogens with one attached hydrogen (secondary N) is 1. The van der Waals surface area contributed by atoms with Crippen LogP contribution in [0.3, 0.4) is 0 Å². The first-order valence-electron chi connectivity index (χ1n) is 9.11. The van der Waals surface area contributed by atoms with E-state index >= 15 is 0 Å². The molecule has 2 aromatic rings. The van der Waals surface area contributed by atoms with Gasteiger partial charge in [0.15, 0.2) is 0 Å². The Hall–Kier alpha value is -2.76. The van der Waals surface area contributed by atoms with Crippen molar-refractivity contribution in [2.75, 3.05) is 19.6 Å². The Kier molecular flexibility index (Phi) is 6.16. The smallest absolute Gasteiger partial charge is 0.253 e. The maximum absolute atomic E-state index is 13.2. The summed E-state index contributed by atoms with van der Waals surface area (Å²) in [6.45, 7) is 1.82. The van der Waals surface area contributed by atoms with E-state index in [1.165, 1.54) is 42.5 Å². The summed E-state index contributed by atoms with van der Waals surface area (Å²) in [6, 6.07) is 11.2. The van der Waals surface area contributed by atoms with E-state index < -0.39 is 5.82 Å². The van der Waals surface area contributed by atoms with E-state index in [0.29, 0.717) is 36.7 Å². The highest BCUT2D eigenvalue weighted by atomic mass is 19.1. The predicted molar refractivity (Wildman–Crippen MR) is 98.4 cm³/mol. The summed E-state index contributed by atoms with van der Waals surface area (Å²) in [6.07, 6.45) is 2.55. The molecule has 0 aliphatic carbocycles. The fourth-order valence-corrected chi connectivity index (χ4v) is 3.32. The summed E-state index contributed by atoms with van der Waals surface area (Å²) in [5.41, 5.74) is 0.812. The summed E-state index contributed by atoms with van der Waals surface area (Å²) >= 11 is 0. The van der Waals surface area contributed by atoms with Gasteiger partial charge in [0.1, 0.15) is 11.6 Å². The van der Waals surface area contributed by atoms with Crippen molar-refractivity contribution in [1.29, 1.82) is 0 Å². The number of hydrogen-bond acceptors (Lipinski definition) is 2. The van der Waals surface area contributed by atoms with E-state index in [2.05, 4.69) is 5.32 Å². The molecular formula is C21H22F2N2O2. The summed E-state index contributed by atoms with van der Waals surface area (Å²) in [4.78, 5) is 26.2. The molecule has 0 radical (unpaired) electrons. The number of halogens is 2. The fraction of sp³-hybridized carbons (Fsp3) is 0.333. The van der Waals surface area contributed by atoms with Crippen LogP contribution in [0.4, 0.5) is 8.78 Å². The van der Waals surface area contributed by atoms with Gasteiger partial charge in [-0.25, -0.2) is 8.78 Å². The van der Waals surface area contributed by atoms with Gasteiger partial charge in [-0.1, -0.05) is 6.07 Å². The average molecular weight is 372 g/mol. The molecule has 3 rings (SSSR count). The second-order valence-electron chi connectivity index (χ2n) is 6.80. The molecule has 1 aliphatic heterocycles. The lowest BCUT2D eigenvalue weighted by atomic mass is 9.93. The standard InChI is InChI=1S/C21H22F2N2O2/c22-18-6-4-16(5-7-18)21(27)25-12-9-15(10-13-25)8-11-24-20(26)17-2-1-3-19(23)14-17/h1-7,14-15H,8-13H2,(H,24,26). The van der Waals surface area contributed by atoms with Crippen LogP contribution in [0.15, 0.2) is 48.5 Å². The monoisotopic (exact) mass is 372 g/mol. The highest BCUT2D eigenvalue weighted by Crippen LogP contribution is 2.21. The quantitative estimate of drug-likeness (QED) is 0.871. The molecule has 2 aromatic carbocycles. The van der Waals surface area contributed by atoms with Gasteiger partial charge in [-0.15, -0.1) is 0 Å². The lowest BCUT2D eigenvalue weighted by Crippen LogP contribution is -2.39. The Morgan fingerprint density at radius 3 is 2.33 bits per heavy atom. The van der Waals surface area contributed by atoms with Crippen LogP contribution in [0, 0.1) is 17.6 Å². The van der Waals surface area contributed by atoms with Crippen molar-refractivity contribution in [3.8, 4) is 0 Å². The maximum Gasteiger partial charge on any atom is 0.253 e. The SMILES string of the molecule is O=C(NCCC1CCN(C(=O)c2ccc(F)cc2)CC1)c1cccc(F)c1. The molecule has 0 unspecified atom stereocenters.